The molecule has 0 N–H and O–H groups in total. The van der Waals surface area contributed by atoms with E-state index in [2.05, 4.69) is 10.2 Å². The van der Waals surface area contributed by atoms with E-state index in [-0.39, 0.29) is 5.91 Å². The standard InChI is InChI=1S/C17H22N4O/c22-17(20-11-7-2-1-3-8-12-20)13-15-14-18-21(19-15)16-9-5-4-6-10-16/h4-6,9-10,14H,1-3,7-8,11-13H2. The lowest BCUT2D eigenvalue weighted by Crippen LogP contribution is -2.35. The molecule has 116 valence electrons. The Kier molecular flexibility index (Phi) is 4.83. The molecule has 0 unspecified atom stereocenters. The van der Waals surface area contributed by atoms with Gasteiger partial charge in [0.25, 0.3) is 0 Å². The van der Waals surface area contributed by atoms with Crippen molar-refractivity contribution in [2.24, 2.45) is 0 Å². The van der Waals surface area contributed by atoms with Crippen LogP contribution in [0.15, 0.2) is 36.5 Å². The van der Waals surface area contributed by atoms with E-state index in [1.807, 2.05) is 35.2 Å². The van der Waals surface area contributed by atoms with Gasteiger partial charge in [0.1, 0.15) is 0 Å². The van der Waals surface area contributed by atoms with Gasteiger partial charge in [-0.15, -0.1) is 0 Å². The molecule has 2 aromatic rings. The van der Waals surface area contributed by atoms with Gasteiger partial charge in [0.2, 0.25) is 5.91 Å². The minimum Gasteiger partial charge on any atom is -0.342 e. The summed E-state index contributed by atoms with van der Waals surface area (Å²) in [7, 11) is 0. The molecule has 2 heterocycles. The second-order valence-corrected chi connectivity index (χ2v) is 5.79. The van der Waals surface area contributed by atoms with Crippen LogP contribution in [0.25, 0.3) is 5.69 Å². The molecule has 1 fully saturated rings. The van der Waals surface area contributed by atoms with Gasteiger partial charge in [0.15, 0.2) is 0 Å². The van der Waals surface area contributed by atoms with Gasteiger partial charge in [0, 0.05) is 13.1 Å². The topological polar surface area (TPSA) is 51.0 Å². The summed E-state index contributed by atoms with van der Waals surface area (Å²) in [6.45, 7) is 1.76. The highest BCUT2D eigenvalue weighted by Gasteiger charge is 2.16. The lowest BCUT2D eigenvalue weighted by Gasteiger charge is -2.24. The van der Waals surface area contributed by atoms with Gasteiger partial charge in [-0.3, -0.25) is 4.79 Å². The Labute approximate surface area is 130 Å². The summed E-state index contributed by atoms with van der Waals surface area (Å²) in [4.78, 5) is 16.0. The highest BCUT2D eigenvalue weighted by atomic mass is 16.2. The van der Waals surface area contributed by atoms with E-state index in [0.29, 0.717) is 6.42 Å². The summed E-state index contributed by atoms with van der Waals surface area (Å²) >= 11 is 0. The van der Waals surface area contributed by atoms with E-state index in [1.54, 1.807) is 11.0 Å². The number of amides is 1. The molecule has 1 aromatic heterocycles. The number of para-hydroxylation sites is 1. The number of hydrogen-bond acceptors (Lipinski definition) is 3. The van der Waals surface area contributed by atoms with Crippen LogP contribution in [0.2, 0.25) is 0 Å². The van der Waals surface area contributed by atoms with Crippen molar-refractivity contribution < 1.29 is 4.79 Å². The molecular weight excluding hydrogens is 276 g/mol. The van der Waals surface area contributed by atoms with Crippen molar-refractivity contribution in [3.05, 3.63) is 42.2 Å². The van der Waals surface area contributed by atoms with Gasteiger partial charge in [-0.25, -0.2) is 0 Å². The molecule has 1 aliphatic heterocycles. The average Bonchev–Trinajstić information content (AvgIpc) is 2.96. The van der Waals surface area contributed by atoms with Crippen molar-refractivity contribution in [2.45, 2.75) is 38.5 Å². The first-order chi connectivity index (χ1) is 10.8. The lowest BCUT2D eigenvalue weighted by atomic mass is 10.1. The highest BCUT2D eigenvalue weighted by Crippen LogP contribution is 2.12. The number of hydrogen-bond donors (Lipinski definition) is 0. The van der Waals surface area contributed by atoms with Crippen LogP contribution in [-0.4, -0.2) is 38.9 Å². The van der Waals surface area contributed by atoms with Crippen LogP contribution in [0, 0.1) is 0 Å². The summed E-state index contributed by atoms with van der Waals surface area (Å²) in [5.74, 6) is 0.169. The summed E-state index contributed by atoms with van der Waals surface area (Å²) in [5, 5.41) is 8.67. The molecule has 0 aliphatic carbocycles. The van der Waals surface area contributed by atoms with Crippen LogP contribution < -0.4 is 0 Å². The molecule has 1 aromatic carbocycles. The molecule has 0 atom stereocenters. The third-order valence-electron chi connectivity index (χ3n) is 4.07. The zero-order valence-electron chi connectivity index (χ0n) is 12.8. The van der Waals surface area contributed by atoms with E-state index in [9.17, 15) is 4.79 Å². The Morgan fingerprint density at radius 2 is 1.68 bits per heavy atom. The van der Waals surface area contributed by atoms with E-state index < -0.39 is 0 Å². The molecule has 0 spiro atoms. The first kappa shape index (κ1) is 14.8. The number of rotatable bonds is 3. The molecule has 1 saturated heterocycles. The van der Waals surface area contributed by atoms with Crippen molar-refractivity contribution in [2.75, 3.05) is 13.1 Å². The molecule has 5 nitrogen and oxygen atoms in total. The largest absolute Gasteiger partial charge is 0.342 e. The monoisotopic (exact) mass is 298 g/mol. The molecule has 0 radical (unpaired) electrons. The van der Waals surface area contributed by atoms with Gasteiger partial charge >= 0.3 is 0 Å². The second kappa shape index (κ2) is 7.20. The predicted octanol–water partition coefficient (Wildman–Crippen LogP) is 2.60. The van der Waals surface area contributed by atoms with Crippen LogP contribution in [-0.2, 0) is 11.2 Å². The average molecular weight is 298 g/mol. The Bertz CT molecular complexity index is 600. The number of likely N-dealkylation sites (tertiary alicyclic amines) is 1. The summed E-state index contributed by atoms with van der Waals surface area (Å²) in [6.07, 6.45) is 8.02. The molecule has 0 saturated carbocycles. The van der Waals surface area contributed by atoms with Gasteiger partial charge < -0.3 is 4.90 Å². The number of carbonyl (C=O) groups is 1. The van der Waals surface area contributed by atoms with Gasteiger partial charge in [-0.2, -0.15) is 15.0 Å². The summed E-state index contributed by atoms with van der Waals surface area (Å²) < 4.78 is 0. The fourth-order valence-corrected chi connectivity index (χ4v) is 2.82. The number of benzene rings is 1. The number of carbonyl (C=O) groups excluding carboxylic acids is 1. The van der Waals surface area contributed by atoms with E-state index >= 15 is 0 Å². The second-order valence-electron chi connectivity index (χ2n) is 5.79. The van der Waals surface area contributed by atoms with Crippen molar-refractivity contribution >= 4 is 5.91 Å². The van der Waals surface area contributed by atoms with E-state index in [4.69, 9.17) is 0 Å². The maximum Gasteiger partial charge on any atom is 0.228 e. The zero-order valence-corrected chi connectivity index (χ0v) is 12.8. The lowest BCUT2D eigenvalue weighted by molar-refractivity contribution is -0.130. The molecule has 22 heavy (non-hydrogen) atoms. The third kappa shape index (κ3) is 3.72. The minimum atomic E-state index is 0.169. The predicted molar refractivity (Wildman–Crippen MR) is 84.7 cm³/mol. The van der Waals surface area contributed by atoms with Crippen LogP contribution in [0.5, 0.6) is 0 Å². The van der Waals surface area contributed by atoms with Crippen molar-refractivity contribution in [1.82, 2.24) is 19.9 Å². The van der Waals surface area contributed by atoms with Crippen LogP contribution >= 0.6 is 0 Å². The Hall–Kier alpha value is -2.17. The Morgan fingerprint density at radius 3 is 2.41 bits per heavy atom. The van der Waals surface area contributed by atoms with Gasteiger partial charge in [0.05, 0.1) is 24.0 Å². The minimum absolute atomic E-state index is 0.169. The Balaban J connectivity index is 1.63. The number of nitrogens with zero attached hydrogens (tertiary/aromatic N) is 4. The number of aromatic nitrogens is 3. The van der Waals surface area contributed by atoms with Crippen molar-refractivity contribution in [3.63, 3.8) is 0 Å². The molecule has 1 aliphatic rings. The van der Waals surface area contributed by atoms with Gasteiger partial charge in [-0.05, 0) is 25.0 Å². The molecule has 0 bridgehead atoms. The smallest absolute Gasteiger partial charge is 0.228 e. The third-order valence-corrected chi connectivity index (χ3v) is 4.07. The van der Waals surface area contributed by atoms with E-state index in [1.165, 1.54) is 19.3 Å². The maximum atomic E-state index is 12.4. The Morgan fingerprint density at radius 1 is 1.00 bits per heavy atom. The summed E-state index contributed by atoms with van der Waals surface area (Å²) in [5.41, 5.74) is 1.64. The fraction of sp³-hybridized carbons (Fsp3) is 0.471. The first-order valence-electron chi connectivity index (χ1n) is 8.07. The first-order valence-corrected chi connectivity index (χ1v) is 8.07. The normalized spacial score (nSPS) is 16.1. The highest BCUT2D eigenvalue weighted by molar-refractivity contribution is 5.78. The molecular formula is C17H22N4O. The maximum absolute atomic E-state index is 12.4. The van der Waals surface area contributed by atoms with E-state index in [0.717, 1.165) is 37.3 Å². The molecule has 3 rings (SSSR count). The SMILES string of the molecule is O=C(Cc1cnn(-c2ccccc2)n1)N1CCCCCCC1. The van der Waals surface area contributed by atoms with Crippen LogP contribution in [0.4, 0.5) is 0 Å². The fourth-order valence-electron chi connectivity index (χ4n) is 2.82. The molecule has 1 amide bonds. The van der Waals surface area contributed by atoms with Crippen LogP contribution in [0.3, 0.4) is 0 Å². The zero-order chi connectivity index (χ0) is 15.2. The summed E-state index contributed by atoms with van der Waals surface area (Å²) in [6, 6.07) is 9.75. The van der Waals surface area contributed by atoms with Crippen molar-refractivity contribution in [1.29, 1.82) is 0 Å². The quantitative estimate of drug-likeness (QED) is 0.875. The van der Waals surface area contributed by atoms with Crippen molar-refractivity contribution in [3.8, 4) is 5.69 Å². The molecule has 5 heteroatoms. The van der Waals surface area contributed by atoms with Gasteiger partial charge in [-0.1, -0.05) is 37.5 Å². The van der Waals surface area contributed by atoms with Crippen LogP contribution in [0.1, 0.15) is 37.8 Å².